The van der Waals surface area contributed by atoms with E-state index in [2.05, 4.69) is 10.8 Å². The predicted molar refractivity (Wildman–Crippen MR) is 120 cm³/mol. The molecule has 0 bridgehead atoms. The van der Waals surface area contributed by atoms with Crippen LogP contribution in [0.3, 0.4) is 0 Å². The number of nitrogen functional groups attached to an aromatic ring is 1. The molecule has 0 fully saturated rings. The zero-order valence-electron chi connectivity index (χ0n) is 17.7. The van der Waals surface area contributed by atoms with Gasteiger partial charge in [-0.3, -0.25) is 0 Å². The van der Waals surface area contributed by atoms with Gasteiger partial charge in [0.1, 0.15) is 11.6 Å². The van der Waals surface area contributed by atoms with Gasteiger partial charge >= 0.3 is 5.97 Å². The van der Waals surface area contributed by atoms with Crippen LogP contribution in [0.2, 0.25) is 0 Å². The molecule has 2 heterocycles. The second-order valence-corrected chi connectivity index (χ2v) is 8.45. The fraction of sp³-hybridized carbons (Fsp3) is 0.333. The molecule has 5 rings (SSSR count). The van der Waals surface area contributed by atoms with E-state index in [1.165, 1.54) is 6.07 Å². The highest BCUT2D eigenvalue weighted by Crippen LogP contribution is 2.35. The summed E-state index contributed by atoms with van der Waals surface area (Å²) in [4.78, 5) is 17.5. The Morgan fingerprint density at radius 2 is 2.09 bits per heavy atom. The van der Waals surface area contributed by atoms with E-state index in [4.69, 9.17) is 15.7 Å². The minimum absolute atomic E-state index is 0.0242. The summed E-state index contributed by atoms with van der Waals surface area (Å²) in [7, 11) is 0. The summed E-state index contributed by atoms with van der Waals surface area (Å²) in [5.41, 5.74) is 13.8. The Morgan fingerprint density at radius 1 is 1.25 bits per heavy atom. The third-order valence-corrected chi connectivity index (χ3v) is 6.34. The van der Waals surface area contributed by atoms with Crippen LogP contribution in [0.15, 0.2) is 48.5 Å². The molecule has 166 valence electrons. The summed E-state index contributed by atoms with van der Waals surface area (Å²) in [6, 6.07) is 13.7. The number of hydrogen-bond acceptors (Lipinski definition) is 6. The number of carbonyl (C=O) groups excluding carboxylic acids is 1. The maximum Gasteiger partial charge on any atom is 0.356 e. The molecule has 0 radical (unpaired) electrons. The quantitative estimate of drug-likeness (QED) is 0.532. The van der Waals surface area contributed by atoms with Gasteiger partial charge in [0.05, 0.1) is 17.8 Å². The van der Waals surface area contributed by atoms with Gasteiger partial charge < -0.3 is 15.9 Å². The second-order valence-electron chi connectivity index (χ2n) is 8.45. The molecule has 0 amide bonds. The number of hydroxylamine groups is 1. The van der Waals surface area contributed by atoms with Crippen LogP contribution in [0.1, 0.15) is 45.9 Å². The molecule has 8 heteroatoms. The van der Waals surface area contributed by atoms with E-state index >= 15 is 0 Å². The topological polar surface area (TPSA) is 94.2 Å². The smallest absolute Gasteiger partial charge is 0.356 e. The summed E-state index contributed by atoms with van der Waals surface area (Å²) >= 11 is 0. The van der Waals surface area contributed by atoms with Crippen molar-refractivity contribution in [1.82, 2.24) is 15.3 Å². The Bertz CT molecular complexity index is 1130. The van der Waals surface area contributed by atoms with Crippen LogP contribution in [0.5, 0.6) is 0 Å². The van der Waals surface area contributed by atoms with E-state index in [0.29, 0.717) is 24.3 Å². The van der Waals surface area contributed by atoms with E-state index in [9.17, 15) is 9.18 Å². The highest BCUT2D eigenvalue weighted by molar-refractivity contribution is 5.89. The number of nitrogens with one attached hydrogen (secondary N) is 2. The molecule has 0 saturated heterocycles. The van der Waals surface area contributed by atoms with Crippen LogP contribution in [-0.4, -0.2) is 28.3 Å². The minimum Gasteiger partial charge on any atom is -0.385 e. The van der Waals surface area contributed by atoms with Crippen LogP contribution in [-0.2, 0) is 24.2 Å². The number of benzene rings is 2. The maximum absolute atomic E-state index is 13.8. The summed E-state index contributed by atoms with van der Waals surface area (Å²) in [5, 5.41) is 8.09. The van der Waals surface area contributed by atoms with Gasteiger partial charge in [0, 0.05) is 29.8 Å². The van der Waals surface area contributed by atoms with Crippen molar-refractivity contribution in [2.45, 2.75) is 44.2 Å². The Labute approximate surface area is 185 Å². The Kier molecular flexibility index (Phi) is 5.53. The molecule has 7 nitrogen and oxygen atoms in total. The number of anilines is 2. The molecule has 1 aliphatic carbocycles. The van der Waals surface area contributed by atoms with Gasteiger partial charge in [0.15, 0.2) is 0 Å². The zero-order valence-corrected chi connectivity index (χ0v) is 17.7. The lowest BCUT2D eigenvalue weighted by Gasteiger charge is -2.27. The van der Waals surface area contributed by atoms with Gasteiger partial charge in [0.25, 0.3) is 0 Å². The lowest BCUT2D eigenvalue weighted by atomic mass is 9.90. The number of rotatable bonds is 5. The third-order valence-electron chi connectivity index (χ3n) is 6.34. The summed E-state index contributed by atoms with van der Waals surface area (Å²) in [5.74, 6) is 0.143. The number of nitrogens with zero attached hydrogens (tertiary/aromatic N) is 2. The largest absolute Gasteiger partial charge is 0.385 e. The van der Waals surface area contributed by atoms with Crippen molar-refractivity contribution in [3.63, 3.8) is 0 Å². The average molecular weight is 436 g/mol. The summed E-state index contributed by atoms with van der Waals surface area (Å²) < 4.78 is 15.7. The molecular formula is C24H26FN5O2. The fourth-order valence-electron chi connectivity index (χ4n) is 4.62. The van der Waals surface area contributed by atoms with Crippen molar-refractivity contribution >= 4 is 17.5 Å². The molecule has 2 aliphatic rings. The van der Waals surface area contributed by atoms with Crippen LogP contribution in [0.25, 0.3) is 0 Å². The number of carbonyl (C=O) groups is 1. The predicted octanol–water partition coefficient (Wildman–Crippen LogP) is 3.42. The molecule has 3 aromatic rings. The SMILES string of the molecule is Nc1c2c(nn1CC1CCNc3ccc(F)cc31)CCC(NOC(=O)c1ccccc1)C2. The zero-order chi connectivity index (χ0) is 22.1. The number of aromatic nitrogens is 2. The van der Waals surface area contributed by atoms with Gasteiger partial charge in [0.2, 0.25) is 0 Å². The van der Waals surface area contributed by atoms with Gasteiger partial charge in [-0.1, -0.05) is 18.2 Å². The first-order valence-corrected chi connectivity index (χ1v) is 11.0. The highest BCUT2D eigenvalue weighted by atomic mass is 19.1. The van der Waals surface area contributed by atoms with E-state index in [-0.39, 0.29) is 17.8 Å². The molecular weight excluding hydrogens is 409 g/mol. The van der Waals surface area contributed by atoms with Crippen LogP contribution in [0, 0.1) is 5.82 Å². The maximum atomic E-state index is 13.8. The first kappa shape index (κ1) is 20.5. The highest BCUT2D eigenvalue weighted by Gasteiger charge is 2.28. The Morgan fingerprint density at radius 3 is 2.94 bits per heavy atom. The van der Waals surface area contributed by atoms with E-state index < -0.39 is 5.97 Å². The molecule has 0 spiro atoms. The van der Waals surface area contributed by atoms with Gasteiger partial charge in [-0.25, -0.2) is 13.9 Å². The van der Waals surface area contributed by atoms with Crippen molar-refractivity contribution in [1.29, 1.82) is 0 Å². The molecule has 2 atom stereocenters. The van der Waals surface area contributed by atoms with Crippen LogP contribution < -0.4 is 16.5 Å². The van der Waals surface area contributed by atoms with Crippen LogP contribution >= 0.6 is 0 Å². The first-order chi connectivity index (χ1) is 15.6. The molecule has 2 unspecified atom stereocenters. The van der Waals surface area contributed by atoms with Crippen molar-refractivity contribution in [2.75, 3.05) is 17.6 Å². The fourth-order valence-corrected chi connectivity index (χ4v) is 4.62. The van der Waals surface area contributed by atoms with E-state index in [0.717, 1.165) is 48.3 Å². The molecule has 1 aliphatic heterocycles. The van der Waals surface area contributed by atoms with Gasteiger partial charge in [-0.2, -0.15) is 5.10 Å². The van der Waals surface area contributed by atoms with Crippen LogP contribution in [0.4, 0.5) is 15.9 Å². The number of nitrogens with two attached hydrogens (primary N) is 1. The standard InChI is InChI=1S/C24H26FN5O2/c25-17-6-8-21-19(12-17)16(10-11-27-21)14-30-23(26)20-13-18(7-9-22(20)28-30)29-32-24(31)15-4-2-1-3-5-15/h1-6,8,12,16,18,27,29H,7,9-11,13-14,26H2. The van der Waals surface area contributed by atoms with Crippen molar-refractivity contribution in [2.24, 2.45) is 0 Å². The second kappa shape index (κ2) is 8.63. The molecule has 1 aromatic heterocycles. The number of halogens is 1. The van der Waals surface area contributed by atoms with Gasteiger partial charge in [-0.05, 0) is 61.6 Å². The molecule has 4 N–H and O–H groups in total. The van der Waals surface area contributed by atoms with E-state index in [1.807, 2.05) is 10.7 Å². The number of hydrogen-bond donors (Lipinski definition) is 3. The molecule has 2 aromatic carbocycles. The Balaban J connectivity index is 1.26. The summed E-state index contributed by atoms with van der Waals surface area (Å²) in [6.07, 6.45) is 3.08. The van der Waals surface area contributed by atoms with E-state index in [1.54, 1.807) is 36.4 Å². The van der Waals surface area contributed by atoms with Crippen molar-refractivity contribution < 1.29 is 14.0 Å². The molecule has 0 saturated carbocycles. The summed E-state index contributed by atoms with van der Waals surface area (Å²) in [6.45, 7) is 1.45. The molecule has 32 heavy (non-hydrogen) atoms. The van der Waals surface area contributed by atoms with Gasteiger partial charge in [-0.15, -0.1) is 5.48 Å². The number of aryl methyl sites for hydroxylation is 1. The van der Waals surface area contributed by atoms with Crippen molar-refractivity contribution in [3.05, 3.63) is 76.7 Å². The lowest BCUT2D eigenvalue weighted by Crippen LogP contribution is -2.36. The average Bonchev–Trinajstić information content (AvgIpc) is 3.13. The first-order valence-electron chi connectivity index (χ1n) is 11.0. The third kappa shape index (κ3) is 4.05. The minimum atomic E-state index is -0.406. The lowest BCUT2D eigenvalue weighted by molar-refractivity contribution is 0.0139. The number of fused-ring (bicyclic) bond motifs is 2. The Hall–Kier alpha value is -3.39. The normalized spacial score (nSPS) is 19.5. The monoisotopic (exact) mass is 435 g/mol. The van der Waals surface area contributed by atoms with Crippen molar-refractivity contribution in [3.8, 4) is 0 Å².